The minimum Gasteiger partial charge on any atom is -0.373 e. The van der Waals surface area contributed by atoms with Gasteiger partial charge in [-0.15, -0.1) is 0 Å². The van der Waals surface area contributed by atoms with Gasteiger partial charge >= 0.3 is 6.03 Å². The van der Waals surface area contributed by atoms with Crippen molar-refractivity contribution < 1.29 is 13.9 Å². The van der Waals surface area contributed by atoms with Crippen LogP contribution in [0, 0.1) is 5.82 Å². The first-order valence-electron chi connectivity index (χ1n) is 7.82. The lowest BCUT2D eigenvalue weighted by Crippen LogP contribution is -2.51. The summed E-state index contributed by atoms with van der Waals surface area (Å²) in [5.74, 6) is -0.275. The second-order valence-corrected chi connectivity index (χ2v) is 5.94. The number of urea groups is 1. The number of ether oxygens (including phenoxy) is 1. The minimum absolute atomic E-state index is 0.0610. The van der Waals surface area contributed by atoms with Crippen LogP contribution in [0.1, 0.15) is 18.4 Å². The molecule has 0 aliphatic carbocycles. The Morgan fingerprint density at radius 1 is 1.32 bits per heavy atom. The molecule has 2 aliphatic heterocycles. The van der Waals surface area contributed by atoms with Gasteiger partial charge < -0.3 is 15.4 Å². The van der Waals surface area contributed by atoms with E-state index in [4.69, 9.17) is 4.74 Å². The van der Waals surface area contributed by atoms with Crippen LogP contribution in [0.15, 0.2) is 24.3 Å². The second kappa shape index (κ2) is 7.07. The van der Waals surface area contributed by atoms with Crippen molar-refractivity contribution in [3.05, 3.63) is 35.6 Å². The highest BCUT2D eigenvalue weighted by Crippen LogP contribution is 2.22. The molecule has 22 heavy (non-hydrogen) atoms. The summed E-state index contributed by atoms with van der Waals surface area (Å²) < 4.78 is 18.6. The molecule has 0 saturated carbocycles. The van der Waals surface area contributed by atoms with Crippen molar-refractivity contribution in [3.8, 4) is 0 Å². The van der Waals surface area contributed by atoms with Crippen LogP contribution in [-0.2, 0) is 11.3 Å². The minimum atomic E-state index is -0.275. The van der Waals surface area contributed by atoms with E-state index in [0.29, 0.717) is 19.1 Å². The lowest BCUT2D eigenvalue weighted by Gasteiger charge is -2.35. The van der Waals surface area contributed by atoms with E-state index in [9.17, 15) is 9.18 Å². The molecule has 2 fully saturated rings. The van der Waals surface area contributed by atoms with Gasteiger partial charge in [-0.2, -0.15) is 0 Å². The SMILES string of the molecule is O=C(NCc1ccc(F)cc1)NC[C@H]1CN2CCC[C@H]2CO1. The molecule has 1 aromatic carbocycles. The molecule has 0 spiro atoms. The van der Waals surface area contributed by atoms with Crippen LogP contribution in [0.4, 0.5) is 9.18 Å². The zero-order valence-electron chi connectivity index (χ0n) is 12.6. The van der Waals surface area contributed by atoms with Crippen LogP contribution in [0.3, 0.4) is 0 Å². The normalized spacial score (nSPS) is 24.8. The first kappa shape index (κ1) is 15.2. The van der Waals surface area contributed by atoms with Crippen LogP contribution >= 0.6 is 0 Å². The first-order valence-corrected chi connectivity index (χ1v) is 7.82. The maximum Gasteiger partial charge on any atom is 0.315 e. The number of nitrogens with zero attached hydrogens (tertiary/aromatic N) is 1. The zero-order valence-corrected chi connectivity index (χ0v) is 12.6. The molecule has 2 N–H and O–H groups in total. The van der Waals surface area contributed by atoms with Gasteiger partial charge in [-0.1, -0.05) is 12.1 Å². The Morgan fingerprint density at radius 3 is 2.95 bits per heavy atom. The summed E-state index contributed by atoms with van der Waals surface area (Å²) in [4.78, 5) is 14.2. The first-order chi connectivity index (χ1) is 10.7. The maximum atomic E-state index is 12.8. The third kappa shape index (κ3) is 3.96. The lowest BCUT2D eigenvalue weighted by atomic mass is 10.2. The highest BCUT2D eigenvalue weighted by Gasteiger charge is 2.32. The number of rotatable bonds is 4. The molecule has 0 radical (unpaired) electrons. The number of fused-ring (bicyclic) bond motifs is 1. The van der Waals surface area contributed by atoms with Crippen molar-refractivity contribution in [1.82, 2.24) is 15.5 Å². The molecule has 2 atom stereocenters. The van der Waals surface area contributed by atoms with E-state index in [1.165, 1.54) is 25.0 Å². The standard InChI is InChI=1S/C16H22FN3O2/c17-13-5-3-12(4-6-13)8-18-16(21)19-9-15-10-20-7-1-2-14(20)11-22-15/h3-6,14-15H,1-2,7-11H2,(H2,18,19,21)/t14-,15-/m0/s1. The number of nitrogens with one attached hydrogen (secondary N) is 2. The maximum absolute atomic E-state index is 12.8. The average molecular weight is 307 g/mol. The van der Waals surface area contributed by atoms with Crippen molar-refractivity contribution in [2.24, 2.45) is 0 Å². The molecular weight excluding hydrogens is 285 g/mol. The van der Waals surface area contributed by atoms with Gasteiger partial charge in [0.2, 0.25) is 0 Å². The van der Waals surface area contributed by atoms with Gasteiger partial charge in [-0.05, 0) is 37.1 Å². The van der Waals surface area contributed by atoms with E-state index in [1.54, 1.807) is 12.1 Å². The smallest absolute Gasteiger partial charge is 0.315 e. The van der Waals surface area contributed by atoms with Gasteiger partial charge in [-0.3, -0.25) is 4.90 Å². The number of amides is 2. The van der Waals surface area contributed by atoms with Gasteiger partial charge in [0.25, 0.3) is 0 Å². The number of benzene rings is 1. The van der Waals surface area contributed by atoms with Crippen LogP contribution in [0.25, 0.3) is 0 Å². The van der Waals surface area contributed by atoms with E-state index >= 15 is 0 Å². The van der Waals surface area contributed by atoms with Crippen molar-refractivity contribution in [2.45, 2.75) is 31.5 Å². The third-order valence-corrected chi connectivity index (χ3v) is 4.32. The molecule has 2 heterocycles. The summed E-state index contributed by atoms with van der Waals surface area (Å²) in [5, 5.41) is 5.60. The largest absolute Gasteiger partial charge is 0.373 e. The highest BCUT2D eigenvalue weighted by atomic mass is 19.1. The molecule has 3 rings (SSSR count). The summed E-state index contributed by atoms with van der Waals surface area (Å²) in [6.07, 6.45) is 2.52. The number of hydrogen-bond donors (Lipinski definition) is 2. The van der Waals surface area contributed by atoms with Gasteiger partial charge in [0.05, 0.1) is 12.7 Å². The molecule has 5 nitrogen and oxygen atoms in total. The Balaban J connectivity index is 1.36. The molecular formula is C16H22FN3O2. The molecule has 1 aromatic rings. The monoisotopic (exact) mass is 307 g/mol. The molecule has 6 heteroatoms. The number of hydrogen-bond acceptors (Lipinski definition) is 3. The van der Waals surface area contributed by atoms with Crippen LogP contribution in [-0.4, -0.2) is 49.3 Å². The van der Waals surface area contributed by atoms with Crippen LogP contribution in [0.2, 0.25) is 0 Å². The molecule has 0 bridgehead atoms. The van der Waals surface area contributed by atoms with E-state index < -0.39 is 0 Å². The van der Waals surface area contributed by atoms with E-state index in [1.807, 2.05) is 0 Å². The fourth-order valence-corrected chi connectivity index (χ4v) is 3.06. The van der Waals surface area contributed by atoms with Crippen molar-refractivity contribution in [2.75, 3.05) is 26.2 Å². The second-order valence-electron chi connectivity index (χ2n) is 5.94. The third-order valence-electron chi connectivity index (χ3n) is 4.32. The van der Waals surface area contributed by atoms with Crippen molar-refractivity contribution in [1.29, 1.82) is 0 Å². The number of carbonyl (C=O) groups is 1. The average Bonchev–Trinajstić information content (AvgIpc) is 3.00. The lowest BCUT2D eigenvalue weighted by molar-refractivity contribution is -0.0457. The van der Waals surface area contributed by atoms with Gasteiger partial charge in [-0.25, -0.2) is 9.18 Å². The fourth-order valence-electron chi connectivity index (χ4n) is 3.06. The molecule has 2 saturated heterocycles. The number of carbonyl (C=O) groups excluding carboxylic acids is 1. The quantitative estimate of drug-likeness (QED) is 0.886. The molecule has 0 aromatic heterocycles. The Labute approximate surface area is 129 Å². The van der Waals surface area contributed by atoms with E-state index in [-0.39, 0.29) is 18.0 Å². The Kier molecular flexibility index (Phi) is 4.90. The fraction of sp³-hybridized carbons (Fsp3) is 0.562. The van der Waals surface area contributed by atoms with Crippen molar-refractivity contribution >= 4 is 6.03 Å². The van der Waals surface area contributed by atoms with Crippen LogP contribution in [0.5, 0.6) is 0 Å². The molecule has 0 unspecified atom stereocenters. The van der Waals surface area contributed by atoms with Gasteiger partial charge in [0, 0.05) is 25.7 Å². The van der Waals surface area contributed by atoms with E-state index in [0.717, 1.165) is 25.3 Å². The van der Waals surface area contributed by atoms with Crippen molar-refractivity contribution in [3.63, 3.8) is 0 Å². The predicted octanol–water partition coefficient (Wildman–Crippen LogP) is 1.49. The summed E-state index contributed by atoms with van der Waals surface area (Å²) >= 11 is 0. The predicted molar refractivity (Wildman–Crippen MR) is 81.0 cm³/mol. The molecule has 2 amide bonds. The Bertz CT molecular complexity index is 509. The summed E-state index contributed by atoms with van der Waals surface area (Å²) in [7, 11) is 0. The number of morpholine rings is 1. The Hall–Kier alpha value is -1.66. The van der Waals surface area contributed by atoms with E-state index in [2.05, 4.69) is 15.5 Å². The van der Waals surface area contributed by atoms with Gasteiger partial charge in [0.15, 0.2) is 0 Å². The summed E-state index contributed by atoms with van der Waals surface area (Å²) in [6, 6.07) is 6.44. The molecule has 2 aliphatic rings. The topological polar surface area (TPSA) is 53.6 Å². The Morgan fingerprint density at radius 2 is 2.14 bits per heavy atom. The summed E-state index contributed by atoms with van der Waals surface area (Å²) in [5.41, 5.74) is 0.866. The summed E-state index contributed by atoms with van der Waals surface area (Å²) in [6.45, 7) is 3.69. The highest BCUT2D eigenvalue weighted by molar-refractivity contribution is 5.73. The van der Waals surface area contributed by atoms with Crippen LogP contribution < -0.4 is 10.6 Å². The zero-order chi connectivity index (χ0) is 15.4. The van der Waals surface area contributed by atoms with Gasteiger partial charge in [0.1, 0.15) is 5.82 Å². The number of halogens is 1. The molecule has 120 valence electrons.